The third kappa shape index (κ3) is 2.62. The van der Waals surface area contributed by atoms with Crippen LogP contribution < -0.4 is 0 Å². The molecule has 1 aliphatic carbocycles. The summed E-state index contributed by atoms with van der Waals surface area (Å²) in [5.41, 5.74) is 2.67. The fourth-order valence-corrected chi connectivity index (χ4v) is 4.63. The molecule has 2 unspecified atom stereocenters. The first kappa shape index (κ1) is 13.6. The topological polar surface area (TPSA) is 20.2 Å². The van der Waals surface area contributed by atoms with Gasteiger partial charge in [-0.2, -0.15) is 0 Å². The molecule has 3 rings (SSSR count). The van der Waals surface area contributed by atoms with E-state index in [0.29, 0.717) is 5.02 Å². The third-order valence-electron chi connectivity index (χ3n) is 3.75. The predicted molar refractivity (Wildman–Crippen MR) is 84.1 cm³/mol. The van der Waals surface area contributed by atoms with Gasteiger partial charge in [-0.3, -0.25) is 0 Å². The van der Waals surface area contributed by atoms with Crippen LogP contribution in [0.5, 0.6) is 0 Å². The molecule has 1 aromatic heterocycles. The molecule has 0 radical (unpaired) electrons. The lowest BCUT2D eigenvalue weighted by atomic mass is 9.79. The van der Waals surface area contributed by atoms with Gasteiger partial charge in [0.05, 0.1) is 14.9 Å². The maximum atomic E-state index is 10.7. The summed E-state index contributed by atoms with van der Waals surface area (Å²) in [6.07, 6.45) is 2.83. The fourth-order valence-electron chi connectivity index (χ4n) is 2.83. The molecule has 0 saturated carbocycles. The maximum absolute atomic E-state index is 10.7. The van der Waals surface area contributed by atoms with Crippen molar-refractivity contribution in [2.75, 3.05) is 0 Å². The van der Waals surface area contributed by atoms with E-state index >= 15 is 0 Å². The van der Waals surface area contributed by atoms with Gasteiger partial charge in [0.25, 0.3) is 0 Å². The van der Waals surface area contributed by atoms with Gasteiger partial charge < -0.3 is 5.11 Å². The third-order valence-corrected chi connectivity index (χ3v) is 6.30. The molecule has 19 heavy (non-hydrogen) atoms. The van der Waals surface area contributed by atoms with Crippen molar-refractivity contribution in [1.82, 2.24) is 0 Å². The summed E-state index contributed by atoms with van der Waals surface area (Å²) in [6, 6.07) is 10.3. The minimum absolute atomic E-state index is 0.187. The minimum atomic E-state index is -0.463. The first-order valence-electron chi connectivity index (χ1n) is 6.37. The van der Waals surface area contributed by atoms with Crippen molar-refractivity contribution in [2.24, 2.45) is 0 Å². The molecule has 0 saturated heterocycles. The van der Waals surface area contributed by atoms with Crippen LogP contribution in [0.2, 0.25) is 5.02 Å². The minimum Gasteiger partial charge on any atom is -0.387 e. The van der Waals surface area contributed by atoms with Gasteiger partial charge in [0, 0.05) is 10.8 Å². The van der Waals surface area contributed by atoms with Gasteiger partial charge in [0.2, 0.25) is 0 Å². The highest BCUT2D eigenvalue weighted by atomic mass is 79.9. The summed E-state index contributed by atoms with van der Waals surface area (Å²) in [7, 11) is 0. The Morgan fingerprint density at radius 3 is 2.89 bits per heavy atom. The monoisotopic (exact) mass is 356 g/mol. The van der Waals surface area contributed by atoms with E-state index < -0.39 is 6.10 Å². The van der Waals surface area contributed by atoms with Crippen molar-refractivity contribution in [1.29, 1.82) is 0 Å². The number of hydrogen-bond acceptors (Lipinski definition) is 2. The maximum Gasteiger partial charge on any atom is 0.0951 e. The molecule has 1 nitrogen and oxygen atoms in total. The lowest BCUT2D eigenvalue weighted by Crippen LogP contribution is -2.16. The molecule has 0 bridgehead atoms. The number of aryl methyl sites for hydroxylation is 1. The molecule has 2 atom stereocenters. The van der Waals surface area contributed by atoms with E-state index in [9.17, 15) is 5.11 Å². The Bertz CT molecular complexity index is 576. The van der Waals surface area contributed by atoms with Gasteiger partial charge in [0.1, 0.15) is 0 Å². The zero-order chi connectivity index (χ0) is 13.4. The van der Waals surface area contributed by atoms with Crippen LogP contribution in [0.3, 0.4) is 0 Å². The molecule has 0 amide bonds. The Balaban J connectivity index is 1.95. The highest BCUT2D eigenvalue weighted by molar-refractivity contribution is 9.11. The number of halogens is 2. The van der Waals surface area contributed by atoms with E-state index in [1.54, 1.807) is 0 Å². The number of rotatable bonds is 2. The van der Waals surface area contributed by atoms with Crippen LogP contribution in [0.15, 0.2) is 34.1 Å². The summed E-state index contributed by atoms with van der Waals surface area (Å²) in [6.45, 7) is 0. The molecule has 4 heteroatoms. The number of benzene rings is 1. The highest BCUT2D eigenvalue weighted by Crippen LogP contribution is 2.44. The molecule has 0 spiro atoms. The number of hydrogen-bond donors (Lipinski definition) is 1. The van der Waals surface area contributed by atoms with Crippen molar-refractivity contribution in [3.63, 3.8) is 0 Å². The average molecular weight is 358 g/mol. The zero-order valence-electron chi connectivity index (χ0n) is 10.3. The highest BCUT2D eigenvalue weighted by Gasteiger charge is 2.28. The largest absolute Gasteiger partial charge is 0.387 e. The Kier molecular flexibility index (Phi) is 3.99. The quantitative estimate of drug-likeness (QED) is 0.771. The number of fused-ring (bicyclic) bond motifs is 1. The SMILES string of the molecule is OC(c1cc(Cl)c(Br)s1)C1CCCc2ccccc21. The van der Waals surface area contributed by atoms with Gasteiger partial charge in [-0.1, -0.05) is 35.9 Å². The molecular formula is C15H14BrClOS. The van der Waals surface area contributed by atoms with Crippen molar-refractivity contribution in [3.05, 3.63) is 55.1 Å². The van der Waals surface area contributed by atoms with Crippen LogP contribution in [0.1, 0.15) is 40.9 Å². The first-order valence-corrected chi connectivity index (χ1v) is 8.36. The Morgan fingerprint density at radius 1 is 1.37 bits per heavy atom. The van der Waals surface area contributed by atoms with Crippen LogP contribution in [-0.2, 0) is 6.42 Å². The standard InChI is InChI=1S/C15H14BrClOS/c16-15-12(17)8-13(19-15)14(18)11-7-3-5-9-4-1-2-6-10(9)11/h1-2,4,6,8,11,14,18H,3,5,7H2. The second-order valence-electron chi connectivity index (χ2n) is 4.91. The summed E-state index contributed by atoms with van der Waals surface area (Å²) in [5, 5.41) is 11.3. The van der Waals surface area contributed by atoms with Gasteiger partial charge >= 0.3 is 0 Å². The van der Waals surface area contributed by atoms with Crippen molar-refractivity contribution in [2.45, 2.75) is 31.3 Å². The van der Waals surface area contributed by atoms with E-state index in [4.69, 9.17) is 11.6 Å². The Hall–Kier alpha value is -0.350. The molecule has 1 heterocycles. The van der Waals surface area contributed by atoms with E-state index in [1.165, 1.54) is 22.5 Å². The van der Waals surface area contributed by atoms with Crippen molar-refractivity contribution < 1.29 is 5.11 Å². The summed E-state index contributed by atoms with van der Waals surface area (Å²) in [4.78, 5) is 0.943. The lowest BCUT2D eigenvalue weighted by Gasteiger charge is -2.28. The van der Waals surface area contributed by atoms with Gasteiger partial charge in [-0.15, -0.1) is 11.3 Å². The molecule has 0 aliphatic heterocycles. The van der Waals surface area contributed by atoms with E-state index in [0.717, 1.165) is 27.9 Å². The summed E-state index contributed by atoms with van der Waals surface area (Å²) < 4.78 is 0.896. The number of aliphatic hydroxyl groups is 1. The van der Waals surface area contributed by atoms with E-state index in [-0.39, 0.29) is 5.92 Å². The second-order valence-corrected chi connectivity index (χ2v) is 7.72. The van der Waals surface area contributed by atoms with Crippen molar-refractivity contribution in [3.8, 4) is 0 Å². The van der Waals surface area contributed by atoms with Crippen LogP contribution in [-0.4, -0.2) is 5.11 Å². The first-order chi connectivity index (χ1) is 9.16. The summed E-state index contributed by atoms with van der Waals surface area (Å²) in [5.74, 6) is 0.187. The molecule has 100 valence electrons. The van der Waals surface area contributed by atoms with Gasteiger partial charge in [-0.05, 0) is 52.4 Å². The molecule has 1 N–H and O–H groups in total. The van der Waals surface area contributed by atoms with Gasteiger partial charge in [0.15, 0.2) is 0 Å². The lowest BCUT2D eigenvalue weighted by molar-refractivity contribution is 0.139. The number of aliphatic hydroxyl groups excluding tert-OH is 1. The van der Waals surface area contributed by atoms with Crippen molar-refractivity contribution >= 4 is 38.9 Å². The summed E-state index contributed by atoms with van der Waals surface area (Å²) >= 11 is 11.0. The Labute approximate surface area is 130 Å². The van der Waals surface area contributed by atoms with E-state index in [1.807, 2.05) is 6.07 Å². The zero-order valence-corrected chi connectivity index (χ0v) is 13.4. The van der Waals surface area contributed by atoms with Crippen LogP contribution in [0.25, 0.3) is 0 Å². The fraction of sp³-hybridized carbons (Fsp3) is 0.333. The Morgan fingerprint density at radius 2 is 2.16 bits per heavy atom. The molecule has 1 aromatic carbocycles. The van der Waals surface area contributed by atoms with Gasteiger partial charge in [-0.25, -0.2) is 0 Å². The van der Waals surface area contributed by atoms with E-state index in [2.05, 4.69) is 40.2 Å². The second kappa shape index (κ2) is 5.57. The molecule has 2 aromatic rings. The normalized spacial score (nSPS) is 20.1. The average Bonchev–Trinajstić information content (AvgIpc) is 2.77. The van der Waals surface area contributed by atoms with Crippen LogP contribution in [0.4, 0.5) is 0 Å². The number of thiophene rings is 1. The smallest absolute Gasteiger partial charge is 0.0951 e. The van der Waals surface area contributed by atoms with Crippen LogP contribution in [0, 0.1) is 0 Å². The molecule has 1 aliphatic rings. The molecule has 0 fully saturated rings. The molecular weight excluding hydrogens is 344 g/mol. The van der Waals surface area contributed by atoms with Crippen LogP contribution >= 0.6 is 38.9 Å². The predicted octanol–water partition coefficient (Wildman–Crippen LogP) is 5.32.